The monoisotopic (exact) mass is 270 g/mol. The first-order valence-electron chi connectivity index (χ1n) is 5.76. The summed E-state index contributed by atoms with van der Waals surface area (Å²) in [5, 5.41) is 12.5. The van der Waals surface area contributed by atoms with Crippen molar-refractivity contribution in [2.45, 2.75) is 13.0 Å². The summed E-state index contributed by atoms with van der Waals surface area (Å²) >= 11 is 5.53. The number of halogens is 1. The molecule has 0 aliphatic rings. The van der Waals surface area contributed by atoms with Gasteiger partial charge in [-0.25, -0.2) is 0 Å². The average molecular weight is 271 g/mol. The van der Waals surface area contributed by atoms with Crippen LogP contribution in [0.3, 0.4) is 0 Å². The van der Waals surface area contributed by atoms with Crippen LogP contribution in [0.5, 0.6) is 0 Å². The zero-order valence-electron chi connectivity index (χ0n) is 10.9. The summed E-state index contributed by atoms with van der Waals surface area (Å²) in [4.78, 5) is 13.5. The molecule has 1 rings (SSSR count). The summed E-state index contributed by atoms with van der Waals surface area (Å²) in [6.07, 6.45) is -0.598. The fourth-order valence-electron chi connectivity index (χ4n) is 1.58. The second-order valence-corrected chi connectivity index (χ2v) is 4.68. The lowest BCUT2D eigenvalue weighted by atomic mass is 10.1. The molecule has 0 saturated carbocycles. The van der Waals surface area contributed by atoms with Crippen LogP contribution in [0.2, 0.25) is 0 Å². The molecule has 0 fully saturated rings. The van der Waals surface area contributed by atoms with Crippen molar-refractivity contribution >= 4 is 23.2 Å². The molecule has 0 bridgehead atoms. The van der Waals surface area contributed by atoms with Crippen LogP contribution in [-0.2, 0) is 0 Å². The highest BCUT2D eigenvalue weighted by Crippen LogP contribution is 2.19. The van der Waals surface area contributed by atoms with Gasteiger partial charge in [0, 0.05) is 31.9 Å². The van der Waals surface area contributed by atoms with E-state index in [9.17, 15) is 9.90 Å². The number of aliphatic hydroxyl groups is 1. The van der Waals surface area contributed by atoms with Gasteiger partial charge in [0.2, 0.25) is 0 Å². The first-order valence-corrected chi connectivity index (χ1v) is 6.30. The Morgan fingerprint density at radius 1 is 1.50 bits per heavy atom. The van der Waals surface area contributed by atoms with Crippen LogP contribution in [0.1, 0.15) is 15.9 Å². The summed E-state index contributed by atoms with van der Waals surface area (Å²) in [6, 6.07) is 5.49. The lowest BCUT2D eigenvalue weighted by molar-refractivity contribution is 0.0827. The van der Waals surface area contributed by atoms with Crippen molar-refractivity contribution in [1.29, 1.82) is 0 Å². The largest absolute Gasteiger partial charge is 0.390 e. The molecular formula is C13H19ClN2O2. The SMILES string of the molecule is Cc1c(NCC(O)CCl)cccc1C(=O)N(C)C. The van der Waals surface area contributed by atoms with Crippen LogP contribution in [0.25, 0.3) is 0 Å². The summed E-state index contributed by atoms with van der Waals surface area (Å²) in [6.45, 7) is 2.25. The molecule has 0 spiro atoms. The molecule has 0 aliphatic heterocycles. The molecule has 2 N–H and O–H groups in total. The van der Waals surface area contributed by atoms with Gasteiger partial charge in [-0.3, -0.25) is 4.79 Å². The predicted molar refractivity (Wildman–Crippen MR) is 74.4 cm³/mol. The number of hydrogen-bond donors (Lipinski definition) is 2. The summed E-state index contributed by atoms with van der Waals surface area (Å²) in [7, 11) is 3.44. The summed E-state index contributed by atoms with van der Waals surface area (Å²) in [5.41, 5.74) is 2.37. The lowest BCUT2D eigenvalue weighted by Gasteiger charge is -2.17. The fourth-order valence-corrected chi connectivity index (χ4v) is 1.69. The van der Waals surface area contributed by atoms with Crippen molar-refractivity contribution < 1.29 is 9.90 Å². The number of amides is 1. The molecule has 1 amide bonds. The van der Waals surface area contributed by atoms with Crippen molar-refractivity contribution in [2.24, 2.45) is 0 Å². The molecular weight excluding hydrogens is 252 g/mol. The minimum Gasteiger partial charge on any atom is -0.390 e. The van der Waals surface area contributed by atoms with E-state index in [0.717, 1.165) is 11.3 Å². The van der Waals surface area contributed by atoms with Gasteiger partial charge in [0.15, 0.2) is 0 Å². The standard InChI is InChI=1S/C13H19ClN2O2/c1-9-11(13(18)16(2)3)5-4-6-12(9)15-8-10(17)7-14/h4-6,10,15,17H,7-8H2,1-3H3. The number of anilines is 1. The number of carbonyl (C=O) groups excluding carboxylic acids is 1. The number of nitrogens with one attached hydrogen (secondary N) is 1. The number of alkyl halides is 1. The van der Waals surface area contributed by atoms with Crippen molar-refractivity contribution in [3.05, 3.63) is 29.3 Å². The molecule has 0 saturated heterocycles. The minimum atomic E-state index is -0.598. The van der Waals surface area contributed by atoms with E-state index in [-0.39, 0.29) is 11.8 Å². The van der Waals surface area contributed by atoms with Crippen molar-refractivity contribution in [3.63, 3.8) is 0 Å². The molecule has 1 atom stereocenters. The maximum absolute atomic E-state index is 11.9. The third kappa shape index (κ3) is 3.62. The van der Waals surface area contributed by atoms with E-state index in [1.54, 1.807) is 25.1 Å². The average Bonchev–Trinajstić information content (AvgIpc) is 2.36. The number of nitrogens with zero attached hydrogens (tertiary/aromatic N) is 1. The molecule has 1 aromatic rings. The maximum atomic E-state index is 11.9. The first-order chi connectivity index (χ1) is 8.47. The molecule has 5 heteroatoms. The van der Waals surface area contributed by atoms with Crippen molar-refractivity contribution in [1.82, 2.24) is 4.90 Å². The normalized spacial score (nSPS) is 12.1. The molecule has 0 aliphatic carbocycles. The quantitative estimate of drug-likeness (QED) is 0.801. The van der Waals surface area contributed by atoms with E-state index in [1.807, 2.05) is 19.1 Å². The van der Waals surface area contributed by atoms with Crippen LogP contribution in [0.15, 0.2) is 18.2 Å². The van der Waals surface area contributed by atoms with Gasteiger partial charge in [-0.1, -0.05) is 6.07 Å². The molecule has 18 heavy (non-hydrogen) atoms. The Hall–Kier alpha value is -1.26. The number of benzene rings is 1. The molecule has 100 valence electrons. The lowest BCUT2D eigenvalue weighted by Crippen LogP contribution is -2.24. The summed E-state index contributed by atoms with van der Waals surface area (Å²) < 4.78 is 0. The Balaban J connectivity index is 2.88. The van der Waals surface area contributed by atoms with Crippen LogP contribution >= 0.6 is 11.6 Å². The second kappa shape index (κ2) is 6.61. The van der Waals surface area contributed by atoms with E-state index in [2.05, 4.69) is 5.32 Å². The Bertz CT molecular complexity index is 421. The molecule has 0 radical (unpaired) electrons. The molecule has 1 unspecified atom stereocenters. The van der Waals surface area contributed by atoms with Crippen LogP contribution < -0.4 is 5.32 Å². The van der Waals surface area contributed by atoms with Gasteiger partial charge in [-0.2, -0.15) is 0 Å². The third-order valence-electron chi connectivity index (χ3n) is 2.68. The Labute approximate surface area is 113 Å². The van der Waals surface area contributed by atoms with Gasteiger partial charge in [0.25, 0.3) is 5.91 Å². The third-order valence-corrected chi connectivity index (χ3v) is 3.03. The molecule has 0 heterocycles. The predicted octanol–water partition coefficient (Wildman–Crippen LogP) is 1.71. The number of rotatable bonds is 5. The van der Waals surface area contributed by atoms with Crippen LogP contribution in [0.4, 0.5) is 5.69 Å². The van der Waals surface area contributed by atoms with E-state index < -0.39 is 6.10 Å². The van der Waals surface area contributed by atoms with Gasteiger partial charge in [-0.15, -0.1) is 11.6 Å². The van der Waals surface area contributed by atoms with Crippen LogP contribution in [-0.4, -0.2) is 48.5 Å². The maximum Gasteiger partial charge on any atom is 0.253 e. The van der Waals surface area contributed by atoms with E-state index >= 15 is 0 Å². The smallest absolute Gasteiger partial charge is 0.253 e. The van der Waals surface area contributed by atoms with Gasteiger partial charge in [-0.05, 0) is 24.6 Å². The number of carbonyl (C=O) groups is 1. The van der Waals surface area contributed by atoms with Crippen molar-refractivity contribution in [2.75, 3.05) is 31.8 Å². The summed E-state index contributed by atoms with van der Waals surface area (Å²) in [5.74, 6) is 0.150. The van der Waals surface area contributed by atoms with Gasteiger partial charge in [0.05, 0.1) is 12.0 Å². The fraction of sp³-hybridized carbons (Fsp3) is 0.462. The zero-order chi connectivity index (χ0) is 13.7. The highest BCUT2D eigenvalue weighted by molar-refractivity contribution is 6.18. The van der Waals surface area contributed by atoms with E-state index in [1.165, 1.54) is 0 Å². The molecule has 4 nitrogen and oxygen atoms in total. The highest BCUT2D eigenvalue weighted by atomic mass is 35.5. The topological polar surface area (TPSA) is 52.6 Å². The zero-order valence-corrected chi connectivity index (χ0v) is 11.7. The van der Waals surface area contributed by atoms with E-state index in [0.29, 0.717) is 12.1 Å². The second-order valence-electron chi connectivity index (χ2n) is 4.37. The highest BCUT2D eigenvalue weighted by Gasteiger charge is 2.13. The molecule has 1 aromatic carbocycles. The van der Waals surface area contributed by atoms with Crippen LogP contribution in [0, 0.1) is 6.92 Å². The van der Waals surface area contributed by atoms with Gasteiger partial charge >= 0.3 is 0 Å². The number of hydrogen-bond acceptors (Lipinski definition) is 3. The first kappa shape index (κ1) is 14.8. The Morgan fingerprint density at radius 3 is 2.72 bits per heavy atom. The number of aliphatic hydroxyl groups excluding tert-OH is 1. The van der Waals surface area contributed by atoms with E-state index in [4.69, 9.17) is 11.6 Å². The minimum absolute atomic E-state index is 0.0333. The van der Waals surface area contributed by atoms with Crippen molar-refractivity contribution in [3.8, 4) is 0 Å². The Kier molecular flexibility index (Phi) is 5.44. The van der Waals surface area contributed by atoms with Gasteiger partial charge in [0.1, 0.15) is 0 Å². The van der Waals surface area contributed by atoms with Gasteiger partial charge < -0.3 is 15.3 Å². The Morgan fingerprint density at radius 2 is 2.17 bits per heavy atom. The molecule has 0 aromatic heterocycles.